The van der Waals surface area contributed by atoms with Crippen LogP contribution in [0.5, 0.6) is 0 Å². The van der Waals surface area contributed by atoms with Gasteiger partial charge in [-0.15, -0.1) is 0 Å². The molecule has 0 aromatic rings. The summed E-state index contributed by atoms with van der Waals surface area (Å²) in [6, 6.07) is 0.00294. The van der Waals surface area contributed by atoms with Gasteiger partial charge < -0.3 is 20.6 Å². The summed E-state index contributed by atoms with van der Waals surface area (Å²) in [4.78, 5) is 68.8. The second-order valence-corrected chi connectivity index (χ2v) is 12.1. The number of nitrogens with zero attached hydrogens (tertiary/aromatic N) is 5. The van der Waals surface area contributed by atoms with Crippen LogP contribution < -0.4 is 5.32 Å². The van der Waals surface area contributed by atoms with E-state index < -0.39 is 17.9 Å². The number of carbonyl (C=O) groups excluding carboxylic acids is 2. The van der Waals surface area contributed by atoms with E-state index in [9.17, 15) is 39.3 Å². The van der Waals surface area contributed by atoms with Crippen molar-refractivity contribution in [3.63, 3.8) is 0 Å². The van der Waals surface area contributed by atoms with Crippen molar-refractivity contribution in [1.29, 1.82) is 0 Å². The third-order valence-electron chi connectivity index (χ3n) is 7.53. The largest absolute Gasteiger partial charge is 0.480 e. The topological polar surface area (TPSA) is 174 Å². The van der Waals surface area contributed by atoms with E-state index in [-0.39, 0.29) is 49.3 Å². The lowest BCUT2D eigenvalue weighted by atomic mass is 9.90. The lowest BCUT2D eigenvalue weighted by Crippen LogP contribution is -2.51. The molecular formula is C27H48N6O8. The van der Waals surface area contributed by atoms with E-state index in [1.165, 1.54) is 0 Å². The number of hydrogen-bond donors (Lipinski definition) is 4. The number of hydrogen-bond acceptors (Lipinski definition) is 10. The first-order chi connectivity index (χ1) is 19.2. The van der Waals surface area contributed by atoms with Crippen molar-refractivity contribution >= 4 is 29.6 Å². The molecule has 2 aliphatic heterocycles. The molecule has 2 rings (SSSR count). The Kier molecular flexibility index (Phi) is 14.1. The van der Waals surface area contributed by atoms with E-state index >= 15 is 0 Å². The summed E-state index contributed by atoms with van der Waals surface area (Å²) in [7, 11) is 0. The molecule has 0 aromatic heterocycles. The maximum absolute atomic E-state index is 13.0. The number of nitrogens with one attached hydrogen (secondary N) is 1. The summed E-state index contributed by atoms with van der Waals surface area (Å²) < 4.78 is 0. The van der Waals surface area contributed by atoms with Crippen LogP contribution in [0.4, 0.5) is 0 Å². The molecule has 14 nitrogen and oxygen atoms in total. The number of carboxylic acids is 3. The molecule has 0 spiro atoms. The van der Waals surface area contributed by atoms with Crippen LogP contribution in [0.15, 0.2) is 0 Å². The molecule has 0 bridgehead atoms. The minimum Gasteiger partial charge on any atom is -0.480 e. The van der Waals surface area contributed by atoms with Crippen LogP contribution in [0.2, 0.25) is 0 Å². The number of aliphatic carboxylic acids is 3. The minimum atomic E-state index is -1.01. The first-order valence-electron chi connectivity index (χ1n) is 14.3. The summed E-state index contributed by atoms with van der Waals surface area (Å²) in [5.41, 5.74) is -0.384. The Balaban J connectivity index is 1.99. The number of Topliss-reactive ketones (excluding diaryl/α,β-unsaturated/α-hetero) is 1. The molecule has 4 N–H and O–H groups in total. The number of carbonyl (C=O) groups is 5. The second kappa shape index (κ2) is 16.7. The molecule has 0 unspecified atom stereocenters. The number of likely N-dealkylation sites (tertiary alicyclic amines) is 1. The van der Waals surface area contributed by atoms with Gasteiger partial charge in [0.05, 0.1) is 32.7 Å². The highest BCUT2D eigenvalue weighted by Crippen LogP contribution is 2.17. The highest BCUT2D eigenvalue weighted by Gasteiger charge is 2.27. The first kappa shape index (κ1) is 34.6. The van der Waals surface area contributed by atoms with Gasteiger partial charge in [-0.05, 0) is 12.8 Å². The highest BCUT2D eigenvalue weighted by atomic mass is 16.4. The summed E-state index contributed by atoms with van der Waals surface area (Å²) in [5, 5.41) is 31.1. The maximum Gasteiger partial charge on any atom is 0.317 e. The molecule has 0 atom stereocenters. The van der Waals surface area contributed by atoms with Crippen LogP contribution >= 0.6 is 0 Å². The van der Waals surface area contributed by atoms with Gasteiger partial charge in [0.15, 0.2) is 5.78 Å². The van der Waals surface area contributed by atoms with E-state index in [4.69, 9.17) is 0 Å². The van der Waals surface area contributed by atoms with Gasteiger partial charge in [0.1, 0.15) is 0 Å². The zero-order chi connectivity index (χ0) is 30.6. The Morgan fingerprint density at radius 3 is 1.20 bits per heavy atom. The van der Waals surface area contributed by atoms with Gasteiger partial charge in [0.25, 0.3) is 0 Å². The van der Waals surface area contributed by atoms with Crippen molar-refractivity contribution in [2.45, 2.75) is 39.7 Å². The Morgan fingerprint density at radius 1 is 0.561 bits per heavy atom. The van der Waals surface area contributed by atoms with Crippen LogP contribution in [-0.2, 0) is 24.0 Å². The monoisotopic (exact) mass is 584 g/mol. The predicted octanol–water partition coefficient (Wildman–Crippen LogP) is -1.34. The third kappa shape index (κ3) is 14.2. The summed E-state index contributed by atoms with van der Waals surface area (Å²) in [6.45, 7) is 9.87. The van der Waals surface area contributed by atoms with Crippen LogP contribution in [-0.4, -0.2) is 174 Å². The van der Waals surface area contributed by atoms with Crippen LogP contribution in [0.3, 0.4) is 0 Å². The van der Waals surface area contributed by atoms with Crippen molar-refractivity contribution in [2.75, 3.05) is 98.2 Å². The molecular weight excluding hydrogens is 536 g/mol. The summed E-state index contributed by atoms with van der Waals surface area (Å²) >= 11 is 0. The van der Waals surface area contributed by atoms with Gasteiger partial charge in [-0.3, -0.25) is 48.5 Å². The average Bonchev–Trinajstić information content (AvgIpc) is 2.85. The zero-order valence-corrected chi connectivity index (χ0v) is 24.7. The maximum atomic E-state index is 13.0. The van der Waals surface area contributed by atoms with E-state index in [0.717, 1.165) is 25.9 Å². The van der Waals surface area contributed by atoms with E-state index in [2.05, 4.69) is 10.2 Å². The lowest BCUT2D eigenvalue weighted by molar-refractivity contribution is -0.140. The normalized spacial score (nSPS) is 20.6. The molecule has 2 fully saturated rings. The van der Waals surface area contributed by atoms with Gasteiger partial charge in [0.2, 0.25) is 5.91 Å². The Bertz CT molecular complexity index is 871. The Morgan fingerprint density at radius 2 is 0.878 bits per heavy atom. The molecule has 14 heteroatoms. The molecule has 0 saturated carbocycles. The smallest absolute Gasteiger partial charge is 0.317 e. The van der Waals surface area contributed by atoms with Gasteiger partial charge in [-0.2, -0.15) is 0 Å². The number of rotatable bonds is 11. The fraction of sp³-hybridized carbons (Fsp3) is 0.815. The quantitative estimate of drug-likeness (QED) is 0.225. The van der Waals surface area contributed by atoms with E-state index in [1.807, 2.05) is 25.7 Å². The fourth-order valence-corrected chi connectivity index (χ4v) is 4.94. The van der Waals surface area contributed by atoms with Crippen molar-refractivity contribution in [3.05, 3.63) is 0 Å². The predicted molar refractivity (Wildman–Crippen MR) is 151 cm³/mol. The fourth-order valence-electron chi connectivity index (χ4n) is 4.94. The zero-order valence-electron chi connectivity index (χ0n) is 24.7. The van der Waals surface area contributed by atoms with Crippen molar-refractivity contribution < 1.29 is 39.3 Å². The van der Waals surface area contributed by atoms with Gasteiger partial charge in [-0.25, -0.2) is 0 Å². The molecule has 1 amide bonds. The number of carboxylic acid groups (broad SMARTS) is 3. The Hall–Kier alpha value is -2.65. The lowest BCUT2D eigenvalue weighted by Gasteiger charge is -2.34. The third-order valence-corrected chi connectivity index (χ3v) is 7.53. The van der Waals surface area contributed by atoms with Crippen LogP contribution in [0.1, 0.15) is 33.6 Å². The summed E-state index contributed by atoms with van der Waals surface area (Å²) in [6.07, 6.45) is 1.49. The molecule has 41 heavy (non-hydrogen) atoms. The second-order valence-electron chi connectivity index (χ2n) is 12.1. The van der Waals surface area contributed by atoms with Gasteiger partial charge >= 0.3 is 17.9 Å². The molecule has 2 saturated heterocycles. The standard InChI is InChI=1S/C27H48N6O8/c1-27(2,3)22(34)16-29-6-4-21(5-7-29)28-23(35)17-30-8-10-31(18-24(36)37)12-14-33(20-26(40)41)15-13-32(11-9-30)19-25(38)39/h21H,4-20H2,1-3H3,(H,28,35)(H,36,37)(H,38,39)(H,40,41). The minimum absolute atomic E-state index is 0.00294. The Labute approximate surface area is 242 Å². The van der Waals surface area contributed by atoms with Crippen molar-refractivity contribution in [3.8, 4) is 0 Å². The molecule has 2 aliphatic rings. The van der Waals surface area contributed by atoms with Gasteiger partial charge in [-0.1, -0.05) is 20.8 Å². The van der Waals surface area contributed by atoms with E-state index in [0.29, 0.717) is 58.9 Å². The molecule has 234 valence electrons. The first-order valence-corrected chi connectivity index (χ1v) is 14.3. The van der Waals surface area contributed by atoms with Crippen molar-refractivity contribution in [2.24, 2.45) is 5.41 Å². The molecule has 0 radical (unpaired) electrons. The number of amides is 1. The molecule has 0 aromatic carbocycles. The van der Waals surface area contributed by atoms with Crippen LogP contribution in [0.25, 0.3) is 0 Å². The van der Waals surface area contributed by atoms with Crippen LogP contribution in [0, 0.1) is 5.41 Å². The van der Waals surface area contributed by atoms with Gasteiger partial charge in [0, 0.05) is 76.9 Å². The number of ketones is 1. The van der Waals surface area contributed by atoms with E-state index in [1.54, 1.807) is 14.7 Å². The molecule has 0 aliphatic carbocycles. The van der Waals surface area contributed by atoms with Crippen molar-refractivity contribution in [1.82, 2.24) is 29.8 Å². The average molecular weight is 585 g/mol. The summed E-state index contributed by atoms with van der Waals surface area (Å²) in [5.74, 6) is -2.95. The SMILES string of the molecule is CC(C)(C)C(=O)CN1CCC(NC(=O)CN2CCN(CC(=O)O)CCN(CC(=O)O)CCN(CC(=O)O)CC2)CC1. The molecule has 2 heterocycles. The number of piperidine rings is 1. The highest BCUT2D eigenvalue weighted by molar-refractivity contribution is 5.85.